The van der Waals surface area contributed by atoms with Gasteiger partial charge in [0, 0.05) is 32.2 Å². The average Bonchev–Trinajstić information content (AvgIpc) is 2.77. The molecule has 1 N–H and O–H groups in total. The van der Waals surface area contributed by atoms with Gasteiger partial charge >= 0.3 is 0 Å². The van der Waals surface area contributed by atoms with Crippen molar-refractivity contribution in [2.24, 2.45) is 11.3 Å². The van der Waals surface area contributed by atoms with Gasteiger partial charge in [0.25, 0.3) is 0 Å². The molecule has 1 saturated heterocycles. The molecule has 1 aliphatic carbocycles. The van der Waals surface area contributed by atoms with Crippen LogP contribution in [0.2, 0.25) is 0 Å². The lowest BCUT2D eigenvalue weighted by Gasteiger charge is -2.41. The summed E-state index contributed by atoms with van der Waals surface area (Å²) < 4.78 is 0. The van der Waals surface area contributed by atoms with Crippen molar-refractivity contribution in [3.05, 3.63) is 0 Å². The Morgan fingerprint density at radius 3 is 2.63 bits per heavy atom. The zero-order chi connectivity index (χ0) is 13.7. The smallest absolute Gasteiger partial charge is 0.0195 e. The first-order chi connectivity index (χ1) is 9.13. The molecular weight excluding hydrogens is 232 g/mol. The molecule has 0 radical (unpaired) electrons. The Bertz CT molecular complexity index is 254. The summed E-state index contributed by atoms with van der Waals surface area (Å²) in [7, 11) is 0. The lowest BCUT2D eigenvalue weighted by atomic mass is 9.78. The van der Waals surface area contributed by atoms with E-state index in [0.717, 1.165) is 12.0 Å². The summed E-state index contributed by atoms with van der Waals surface area (Å²) in [6.45, 7) is 12.2. The largest absolute Gasteiger partial charge is 0.311 e. The lowest BCUT2D eigenvalue weighted by Crippen LogP contribution is -2.53. The van der Waals surface area contributed by atoms with Gasteiger partial charge in [-0.05, 0) is 37.0 Å². The summed E-state index contributed by atoms with van der Waals surface area (Å²) in [5, 5.41) is 3.69. The molecule has 1 saturated carbocycles. The van der Waals surface area contributed by atoms with Crippen LogP contribution in [0.4, 0.5) is 0 Å². The highest BCUT2D eigenvalue weighted by atomic mass is 15.2. The predicted octanol–water partition coefficient (Wildman–Crippen LogP) is 3.67. The Balaban J connectivity index is 1.89. The maximum atomic E-state index is 3.69. The van der Waals surface area contributed by atoms with Gasteiger partial charge in [0.15, 0.2) is 0 Å². The predicted molar refractivity (Wildman–Crippen MR) is 83.5 cm³/mol. The van der Waals surface area contributed by atoms with Crippen molar-refractivity contribution >= 4 is 0 Å². The van der Waals surface area contributed by atoms with Gasteiger partial charge in [-0.1, -0.05) is 40.0 Å². The van der Waals surface area contributed by atoms with E-state index in [1.807, 2.05) is 0 Å². The summed E-state index contributed by atoms with van der Waals surface area (Å²) in [6.07, 6.45) is 9.99. The summed E-state index contributed by atoms with van der Waals surface area (Å²) >= 11 is 0. The molecule has 0 aromatic carbocycles. The number of nitrogens with one attached hydrogen (secondary N) is 1. The van der Waals surface area contributed by atoms with E-state index in [9.17, 15) is 0 Å². The van der Waals surface area contributed by atoms with E-state index in [0.29, 0.717) is 5.41 Å². The molecule has 0 aromatic rings. The highest BCUT2D eigenvalue weighted by molar-refractivity contribution is 4.90. The molecule has 0 aromatic heterocycles. The molecule has 112 valence electrons. The molecule has 2 aliphatic rings. The van der Waals surface area contributed by atoms with Gasteiger partial charge in [-0.15, -0.1) is 0 Å². The molecule has 2 heteroatoms. The third-order valence-corrected chi connectivity index (χ3v) is 5.04. The van der Waals surface area contributed by atoms with Crippen molar-refractivity contribution < 1.29 is 0 Å². The van der Waals surface area contributed by atoms with Crippen LogP contribution in [0.5, 0.6) is 0 Å². The zero-order valence-electron chi connectivity index (χ0n) is 13.4. The molecule has 19 heavy (non-hydrogen) atoms. The number of nitrogens with zero attached hydrogens (tertiary/aromatic N) is 1. The number of hydrogen-bond donors (Lipinski definition) is 1. The topological polar surface area (TPSA) is 15.3 Å². The third kappa shape index (κ3) is 4.46. The van der Waals surface area contributed by atoms with Crippen molar-refractivity contribution in [2.75, 3.05) is 26.2 Å². The minimum atomic E-state index is 0.655. The SMILES string of the molecule is CCCC1CN(CC2(CC(C)C)CCCC2)CCN1. The van der Waals surface area contributed by atoms with Crippen LogP contribution in [0.1, 0.15) is 65.7 Å². The van der Waals surface area contributed by atoms with Gasteiger partial charge in [0.1, 0.15) is 0 Å². The molecule has 1 unspecified atom stereocenters. The van der Waals surface area contributed by atoms with E-state index < -0.39 is 0 Å². The Morgan fingerprint density at radius 1 is 1.26 bits per heavy atom. The molecule has 2 fully saturated rings. The first kappa shape index (κ1) is 15.3. The molecular formula is C17H34N2. The van der Waals surface area contributed by atoms with Gasteiger partial charge in [-0.3, -0.25) is 4.90 Å². The van der Waals surface area contributed by atoms with Crippen LogP contribution in [0.3, 0.4) is 0 Å². The quantitative estimate of drug-likeness (QED) is 0.789. The second-order valence-corrected chi connectivity index (χ2v) is 7.48. The molecule has 2 rings (SSSR count). The van der Waals surface area contributed by atoms with Crippen molar-refractivity contribution in [3.63, 3.8) is 0 Å². The Labute approximate surface area is 120 Å². The second kappa shape index (κ2) is 7.08. The maximum Gasteiger partial charge on any atom is 0.0195 e. The van der Waals surface area contributed by atoms with E-state index >= 15 is 0 Å². The molecule has 0 spiro atoms. The summed E-state index contributed by atoms with van der Waals surface area (Å²) in [5.41, 5.74) is 0.655. The van der Waals surface area contributed by atoms with Crippen molar-refractivity contribution in [2.45, 2.75) is 71.8 Å². The Hall–Kier alpha value is -0.0800. The molecule has 2 nitrogen and oxygen atoms in total. The van der Waals surface area contributed by atoms with Crippen molar-refractivity contribution in [1.82, 2.24) is 10.2 Å². The summed E-state index contributed by atoms with van der Waals surface area (Å²) in [5.74, 6) is 0.854. The first-order valence-electron chi connectivity index (χ1n) is 8.59. The van der Waals surface area contributed by atoms with Crippen LogP contribution in [-0.4, -0.2) is 37.1 Å². The zero-order valence-corrected chi connectivity index (χ0v) is 13.4. The van der Waals surface area contributed by atoms with Crippen molar-refractivity contribution in [1.29, 1.82) is 0 Å². The summed E-state index contributed by atoms with van der Waals surface area (Å²) in [4.78, 5) is 2.77. The monoisotopic (exact) mass is 266 g/mol. The molecule has 0 bridgehead atoms. The van der Waals surface area contributed by atoms with Gasteiger partial charge in [0.05, 0.1) is 0 Å². The van der Waals surface area contributed by atoms with E-state index in [4.69, 9.17) is 0 Å². The van der Waals surface area contributed by atoms with E-state index in [1.165, 1.54) is 71.1 Å². The van der Waals surface area contributed by atoms with Gasteiger partial charge < -0.3 is 5.32 Å². The van der Waals surface area contributed by atoms with E-state index in [2.05, 4.69) is 31.0 Å². The summed E-state index contributed by atoms with van der Waals surface area (Å²) in [6, 6.07) is 0.747. The Morgan fingerprint density at radius 2 is 2.00 bits per heavy atom. The third-order valence-electron chi connectivity index (χ3n) is 5.04. The highest BCUT2D eigenvalue weighted by Crippen LogP contribution is 2.43. The van der Waals surface area contributed by atoms with Gasteiger partial charge in [0.2, 0.25) is 0 Å². The maximum absolute atomic E-state index is 3.69. The van der Waals surface area contributed by atoms with Crippen LogP contribution >= 0.6 is 0 Å². The van der Waals surface area contributed by atoms with Gasteiger partial charge in [-0.2, -0.15) is 0 Å². The fraction of sp³-hybridized carbons (Fsp3) is 1.00. The van der Waals surface area contributed by atoms with E-state index in [1.54, 1.807) is 0 Å². The van der Waals surface area contributed by atoms with Crippen LogP contribution in [-0.2, 0) is 0 Å². The number of rotatable bonds is 6. The normalized spacial score (nSPS) is 28.1. The first-order valence-corrected chi connectivity index (χ1v) is 8.59. The van der Waals surface area contributed by atoms with Crippen molar-refractivity contribution in [3.8, 4) is 0 Å². The minimum absolute atomic E-state index is 0.655. The molecule has 1 atom stereocenters. The number of hydrogen-bond acceptors (Lipinski definition) is 2. The van der Waals surface area contributed by atoms with Gasteiger partial charge in [-0.25, -0.2) is 0 Å². The number of piperazine rings is 1. The fourth-order valence-electron chi connectivity index (χ4n) is 4.47. The Kier molecular flexibility index (Phi) is 5.70. The van der Waals surface area contributed by atoms with E-state index in [-0.39, 0.29) is 0 Å². The molecule has 1 heterocycles. The highest BCUT2D eigenvalue weighted by Gasteiger charge is 2.36. The standard InChI is InChI=1S/C17H34N2/c1-4-7-16-13-19(11-10-18-16)14-17(12-15(2)3)8-5-6-9-17/h15-16,18H,4-14H2,1-3H3. The minimum Gasteiger partial charge on any atom is -0.311 e. The molecule has 1 aliphatic heterocycles. The van der Waals surface area contributed by atoms with Crippen LogP contribution in [0, 0.1) is 11.3 Å². The molecule has 0 amide bonds. The fourth-order valence-corrected chi connectivity index (χ4v) is 4.47. The van der Waals surface area contributed by atoms with Crippen LogP contribution < -0.4 is 5.32 Å². The second-order valence-electron chi connectivity index (χ2n) is 7.48. The van der Waals surface area contributed by atoms with Crippen LogP contribution in [0.25, 0.3) is 0 Å². The van der Waals surface area contributed by atoms with Crippen LogP contribution in [0.15, 0.2) is 0 Å². The average molecular weight is 266 g/mol. The lowest BCUT2D eigenvalue weighted by molar-refractivity contribution is 0.100.